The molecule has 0 atom stereocenters. The number of aromatic amines is 1. The highest BCUT2D eigenvalue weighted by Crippen LogP contribution is 2.44. The summed E-state index contributed by atoms with van der Waals surface area (Å²) < 4.78 is 95.0. The summed E-state index contributed by atoms with van der Waals surface area (Å²) in [6.45, 7) is 14.8. The lowest BCUT2D eigenvalue weighted by Crippen LogP contribution is -2.48. The zero-order chi connectivity index (χ0) is 104. The summed E-state index contributed by atoms with van der Waals surface area (Å²) in [5.41, 5.74) is 19.5. The topological polar surface area (TPSA) is 268 Å². The molecular weight excluding hydrogens is 1890 g/mol. The SMILES string of the molecule is CC(=O)N1CCN(c2ccc(-n3c(=O)ccc4cnc5ccc(-c6cnn(C)c6)cc5c43)cc2C(F)(F)F)CC1.CN1CCC(NC(=O)c2ccc(-c3ccc(-n4c(=O)ccc5cnc6ccc(-c7cn[nH]c7)cc6c54)cc3C(F)(F)F)cc2)CC1.Cc1ccc(-c2ccc3ncc4ccc(=O)n(-c5ccc(C)c(C)c5)c4c3c2)cn1.Cc1ccc(-n2c(=O)ccc3cnc4ccc(-c5cnc6ccccc6c5)cc4c32)cc1C. The molecule has 2 saturated heterocycles. The minimum absolute atomic E-state index is 0.0260. The number of para-hydroxylation sites is 1. The summed E-state index contributed by atoms with van der Waals surface area (Å²) in [6, 6.07) is 77.0. The molecule has 12 aromatic heterocycles. The molecule has 0 bridgehead atoms. The third-order valence-corrected chi connectivity index (χ3v) is 28.1. The fourth-order valence-electron chi connectivity index (χ4n) is 19.8. The van der Waals surface area contributed by atoms with Gasteiger partial charge < -0.3 is 20.0 Å². The summed E-state index contributed by atoms with van der Waals surface area (Å²) in [5, 5.41) is 21.3. The maximum Gasteiger partial charge on any atom is 0.418 e. The number of fused-ring (bicyclic) bond motifs is 13. The molecule has 2 aliphatic heterocycles. The smallest absolute Gasteiger partial charge is 0.367 e. The summed E-state index contributed by atoms with van der Waals surface area (Å²) in [7, 11) is 3.85. The Kier molecular flexibility index (Phi) is 25.9. The monoisotopic (exact) mass is 1990 g/mol. The van der Waals surface area contributed by atoms with Crippen molar-refractivity contribution in [3.05, 3.63) is 409 Å². The maximum absolute atomic E-state index is 14.6. The van der Waals surface area contributed by atoms with Gasteiger partial charge in [-0.2, -0.15) is 36.5 Å². The Morgan fingerprint density at radius 1 is 0.362 bits per heavy atom. The lowest BCUT2D eigenvalue weighted by molar-refractivity contribution is -0.138. The molecule has 2 aliphatic rings. The number of carbonyl (C=O) groups is 2. The van der Waals surface area contributed by atoms with Crippen LogP contribution in [0.2, 0.25) is 0 Å². The second kappa shape index (κ2) is 39.8. The quantitative estimate of drug-likeness (QED) is 0.0850. The molecule has 0 unspecified atom stereocenters. The number of rotatable bonds is 12. The number of hydrogen-bond donors (Lipinski definition) is 2. The van der Waals surface area contributed by atoms with Gasteiger partial charge in [0, 0.05) is 225 Å². The number of piperazine rings is 1. The van der Waals surface area contributed by atoms with Crippen LogP contribution >= 0.6 is 0 Å². The van der Waals surface area contributed by atoms with Gasteiger partial charge in [0.2, 0.25) is 5.91 Å². The van der Waals surface area contributed by atoms with Gasteiger partial charge in [-0.1, -0.05) is 78.9 Å². The molecular formula is C119H96F6N18O6. The van der Waals surface area contributed by atoms with Crippen molar-refractivity contribution in [3.63, 3.8) is 0 Å². The van der Waals surface area contributed by atoms with Gasteiger partial charge in [0.25, 0.3) is 28.1 Å². The van der Waals surface area contributed by atoms with E-state index in [9.17, 15) is 55.1 Å². The highest BCUT2D eigenvalue weighted by molar-refractivity contribution is 6.10. The molecule has 2 amide bonds. The molecule has 0 spiro atoms. The van der Waals surface area contributed by atoms with Crippen LogP contribution in [-0.2, 0) is 24.2 Å². The van der Waals surface area contributed by atoms with E-state index in [1.54, 1.807) is 103 Å². The van der Waals surface area contributed by atoms with E-state index in [0.717, 1.165) is 165 Å². The van der Waals surface area contributed by atoms with Crippen LogP contribution in [0.4, 0.5) is 32.0 Å². The summed E-state index contributed by atoms with van der Waals surface area (Å²) in [4.78, 5) is 110. The lowest BCUT2D eigenvalue weighted by atomic mass is 9.97. The molecule has 22 aromatic rings. The highest BCUT2D eigenvalue weighted by Gasteiger charge is 2.38. The van der Waals surface area contributed by atoms with Gasteiger partial charge in [-0.25, -0.2) is 0 Å². The van der Waals surface area contributed by atoms with Crippen LogP contribution in [0.25, 0.3) is 177 Å². The van der Waals surface area contributed by atoms with Crippen molar-refractivity contribution in [2.24, 2.45) is 7.05 Å². The van der Waals surface area contributed by atoms with Crippen molar-refractivity contribution in [2.75, 3.05) is 51.2 Å². The molecule has 30 heteroatoms. The Morgan fingerprint density at radius 2 is 0.792 bits per heavy atom. The van der Waals surface area contributed by atoms with Gasteiger partial charge in [-0.15, -0.1) is 0 Å². The molecule has 0 saturated carbocycles. The number of pyridine rings is 10. The van der Waals surface area contributed by atoms with Crippen molar-refractivity contribution in [1.82, 2.24) is 83.3 Å². The van der Waals surface area contributed by atoms with Crippen LogP contribution in [0, 0.1) is 34.6 Å². The van der Waals surface area contributed by atoms with E-state index in [1.807, 2.05) is 143 Å². The van der Waals surface area contributed by atoms with Gasteiger partial charge in [0.05, 0.1) is 78.9 Å². The van der Waals surface area contributed by atoms with Gasteiger partial charge in [0.1, 0.15) is 0 Å². The van der Waals surface area contributed by atoms with E-state index in [-0.39, 0.29) is 64.7 Å². The Bertz CT molecular complexity index is 9350. The summed E-state index contributed by atoms with van der Waals surface area (Å²) >= 11 is 0. The molecule has 24 rings (SSSR count). The number of alkyl halides is 6. The normalized spacial score (nSPS) is 13.2. The van der Waals surface area contributed by atoms with Crippen LogP contribution < -0.4 is 32.5 Å². The molecule has 0 radical (unpaired) electrons. The number of likely N-dealkylation sites (tertiary alicyclic amines) is 1. The second-order valence-corrected chi connectivity index (χ2v) is 37.8. The highest BCUT2D eigenvalue weighted by atomic mass is 19.4. The summed E-state index contributed by atoms with van der Waals surface area (Å²) in [5.74, 6) is -0.352. The first-order chi connectivity index (χ1) is 71.8. The second-order valence-electron chi connectivity index (χ2n) is 37.8. The number of nitrogens with zero attached hydrogens (tertiary/aromatic N) is 16. The van der Waals surface area contributed by atoms with Crippen LogP contribution in [0.5, 0.6) is 0 Å². The van der Waals surface area contributed by atoms with Crippen molar-refractivity contribution in [1.29, 1.82) is 0 Å². The fraction of sp³-hybridized carbons (Fsp3) is 0.160. The average molecular weight is 1990 g/mol. The Labute approximate surface area is 848 Å². The Morgan fingerprint density at radius 3 is 1.24 bits per heavy atom. The van der Waals surface area contributed by atoms with Gasteiger partial charge in [-0.05, 0) is 281 Å². The molecule has 2 N–H and O–H groups in total. The molecule has 2 fully saturated rings. The predicted molar refractivity (Wildman–Crippen MR) is 575 cm³/mol. The number of halogens is 6. The number of aryl methyl sites for hydroxylation is 6. The number of nitrogens with one attached hydrogen (secondary N) is 2. The molecule has 0 aliphatic carbocycles. The molecule has 740 valence electrons. The first kappa shape index (κ1) is 97.0. The van der Waals surface area contributed by atoms with Crippen LogP contribution in [0.1, 0.15) is 69.2 Å². The molecule has 24 nitrogen and oxygen atoms in total. The van der Waals surface area contributed by atoms with E-state index >= 15 is 0 Å². The van der Waals surface area contributed by atoms with Crippen LogP contribution in [0.3, 0.4) is 0 Å². The Balaban J connectivity index is 0.000000118. The maximum atomic E-state index is 14.6. The third kappa shape index (κ3) is 19.5. The van der Waals surface area contributed by atoms with E-state index in [2.05, 4.69) is 150 Å². The van der Waals surface area contributed by atoms with Gasteiger partial charge in [0.15, 0.2) is 0 Å². The van der Waals surface area contributed by atoms with Crippen molar-refractivity contribution < 1.29 is 35.9 Å². The third-order valence-electron chi connectivity index (χ3n) is 28.1. The summed E-state index contributed by atoms with van der Waals surface area (Å²) in [6.07, 6.45) is 9.96. The van der Waals surface area contributed by atoms with Gasteiger partial charge in [-0.3, -0.25) is 86.7 Å². The van der Waals surface area contributed by atoms with Crippen molar-refractivity contribution in [3.8, 4) is 78.4 Å². The van der Waals surface area contributed by atoms with Crippen LogP contribution in [0.15, 0.2) is 342 Å². The number of H-pyrrole nitrogens is 1. The predicted octanol–water partition coefficient (Wildman–Crippen LogP) is 23.0. The standard InChI is InChI=1S/C35H29F3N6O2.C29H25F3N6O2.C29H21N3O.C26H21N3O/c1-43-14-12-26(13-15-43)42-34(46)22-4-2-21(3-5-22)28-9-8-27(17-30(28)35(36,37)38)44-32(45)11-7-24-18-39-31-10-6-23(16-29(31)33(24)44)25-19-40-41-20-25;1-18(39)36-9-11-37(12-10-36)26-7-5-22(14-24(26)29(30,31)32)38-27(40)8-4-20-15-33-25-6-3-19(13-23(25)28(20)38)21-16-34-35(2)17-21;1-18-7-10-24(13-19(18)2)32-28(33)12-9-22-16-31-27-11-8-20(15-25(27)29(22)32)23-14-21-5-3-4-6-26(21)30-17-23;1-16-4-9-22(12-17(16)2)29-25(30)11-8-21-15-28-24-10-7-19(13-23(24)26(21)29)20-6-5-18(3)27-14-20/h2-11,16-20,26H,12-15H2,1H3,(H,40,41)(H,42,46);3-8,13-17H,9-12H2,1-2H3;3-17H,1-2H3;4-15H,1-3H3. The zero-order valence-corrected chi connectivity index (χ0v) is 82.2. The average Bonchev–Trinajstić information content (AvgIpc) is 0.996. The minimum atomic E-state index is -4.72. The largest absolute Gasteiger partial charge is 0.418 e. The number of carbonyl (C=O) groups excluding carboxylic acids is 2. The number of aromatic nitrogens is 14. The van der Waals surface area contributed by atoms with Gasteiger partial charge >= 0.3 is 12.4 Å². The zero-order valence-electron chi connectivity index (χ0n) is 82.2. The number of piperidine rings is 1. The first-order valence-corrected chi connectivity index (χ1v) is 48.6. The number of hydrogen-bond acceptors (Lipinski definition) is 16. The van der Waals surface area contributed by atoms with E-state index in [4.69, 9.17) is 0 Å². The number of amides is 2. The molecule has 149 heavy (non-hydrogen) atoms. The molecule has 10 aromatic carbocycles. The van der Waals surface area contributed by atoms with Crippen molar-refractivity contribution >= 4 is 116 Å². The van der Waals surface area contributed by atoms with E-state index < -0.39 is 34.6 Å². The number of benzene rings is 10. The van der Waals surface area contributed by atoms with Crippen molar-refractivity contribution in [2.45, 2.75) is 72.8 Å². The van der Waals surface area contributed by atoms with Crippen LogP contribution in [-0.4, -0.2) is 142 Å². The lowest BCUT2D eigenvalue weighted by Gasteiger charge is -2.36. The van der Waals surface area contributed by atoms with E-state index in [1.165, 1.54) is 69.6 Å². The molecule has 14 heterocycles. The fourth-order valence-corrected chi connectivity index (χ4v) is 19.8. The Hall–Kier alpha value is -18.1. The first-order valence-electron chi connectivity index (χ1n) is 48.6. The number of anilines is 1. The van der Waals surface area contributed by atoms with E-state index in [0.29, 0.717) is 67.8 Å². The minimum Gasteiger partial charge on any atom is -0.367 e.